The third kappa shape index (κ3) is 5.58. The number of hydrogen-bond donors (Lipinski definition) is 0. The van der Waals surface area contributed by atoms with Crippen LogP contribution in [-0.2, 0) is 12.8 Å². The van der Waals surface area contributed by atoms with Crippen molar-refractivity contribution in [3.05, 3.63) is 124 Å². The van der Waals surface area contributed by atoms with Crippen molar-refractivity contribution in [1.29, 1.82) is 0 Å². The van der Waals surface area contributed by atoms with Gasteiger partial charge in [-0.25, -0.2) is 4.98 Å². The molecule has 202 valence electrons. The molecule has 0 unspecified atom stereocenters. The summed E-state index contributed by atoms with van der Waals surface area (Å²) in [6.07, 6.45) is -3.16. The smallest absolute Gasteiger partial charge is 0.416 e. The normalized spacial score (nSPS) is 11.7. The van der Waals surface area contributed by atoms with E-state index in [1.165, 1.54) is 25.5 Å². The summed E-state index contributed by atoms with van der Waals surface area (Å²) >= 11 is 0. The van der Waals surface area contributed by atoms with Crippen molar-refractivity contribution < 1.29 is 22.6 Å². The molecule has 40 heavy (non-hydrogen) atoms. The number of halogens is 3. The third-order valence-corrected chi connectivity index (χ3v) is 6.25. The van der Waals surface area contributed by atoms with E-state index in [-0.39, 0.29) is 23.4 Å². The standard InChI is InChI=1S/C31H24F3N3O3/c1-20-13-15-21(16-14-20)19-40-28-23(8-6-12-27(28)39-2)18-35-37-29(22-7-5-9-24(17-22)31(32,33)34)36-26-11-4-3-10-25(26)30(37)38/h3-18H,19H2,1-2H3. The molecule has 0 N–H and O–H groups in total. The first kappa shape index (κ1) is 26.7. The lowest BCUT2D eigenvalue weighted by Gasteiger charge is -2.14. The van der Waals surface area contributed by atoms with Crippen molar-refractivity contribution in [2.75, 3.05) is 7.11 Å². The van der Waals surface area contributed by atoms with Crippen molar-refractivity contribution >= 4 is 17.1 Å². The van der Waals surface area contributed by atoms with Crippen LogP contribution in [0.5, 0.6) is 11.5 Å². The highest BCUT2D eigenvalue weighted by Gasteiger charge is 2.31. The van der Waals surface area contributed by atoms with Crippen molar-refractivity contribution in [3.63, 3.8) is 0 Å². The molecule has 0 saturated carbocycles. The number of aromatic nitrogens is 2. The maximum absolute atomic E-state index is 13.5. The average Bonchev–Trinajstić information content (AvgIpc) is 2.96. The number of nitrogens with zero attached hydrogens (tertiary/aromatic N) is 3. The summed E-state index contributed by atoms with van der Waals surface area (Å²) < 4.78 is 53.0. The number of aryl methyl sites for hydroxylation is 1. The molecule has 0 spiro atoms. The minimum absolute atomic E-state index is 0.0314. The quantitative estimate of drug-likeness (QED) is 0.210. The largest absolute Gasteiger partial charge is 0.493 e. The first-order valence-corrected chi connectivity index (χ1v) is 12.3. The Morgan fingerprint density at radius 3 is 2.45 bits per heavy atom. The fraction of sp³-hybridized carbons (Fsp3) is 0.129. The molecule has 5 rings (SSSR count). The van der Waals surface area contributed by atoms with E-state index in [1.54, 1.807) is 42.5 Å². The average molecular weight is 544 g/mol. The predicted molar refractivity (Wildman–Crippen MR) is 148 cm³/mol. The lowest BCUT2D eigenvalue weighted by atomic mass is 10.1. The number of benzene rings is 4. The Labute approximate surface area is 228 Å². The van der Waals surface area contributed by atoms with Gasteiger partial charge in [0.1, 0.15) is 6.61 Å². The van der Waals surface area contributed by atoms with E-state index in [9.17, 15) is 18.0 Å². The summed E-state index contributed by atoms with van der Waals surface area (Å²) in [5, 5.41) is 4.67. The third-order valence-electron chi connectivity index (χ3n) is 6.25. The molecule has 0 aliphatic heterocycles. The summed E-state index contributed by atoms with van der Waals surface area (Å²) in [5.41, 5.74) is 1.62. The second kappa shape index (κ2) is 11.1. The zero-order chi connectivity index (χ0) is 28.3. The molecule has 6 nitrogen and oxygen atoms in total. The summed E-state index contributed by atoms with van der Waals surface area (Å²) in [4.78, 5) is 18.0. The Morgan fingerprint density at radius 1 is 0.950 bits per heavy atom. The number of alkyl halides is 3. The molecule has 0 aliphatic carbocycles. The molecule has 0 atom stereocenters. The second-order valence-corrected chi connectivity index (χ2v) is 9.05. The van der Waals surface area contributed by atoms with E-state index in [0.717, 1.165) is 27.9 Å². The molecule has 1 aromatic heterocycles. The highest BCUT2D eigenvalue weighted by molar-refractivity contribution is 5.86. The van der Waals surface area contributed by atoms with Gasteiger partial charge in [-0.05, 0) is 48.9 Å². The molecule has 1 heterocycles. The molecule has 5 aromatic rings. The lowest BCUT2D eigenvalue weighted by molar-refractivity contribution is -0.137. The highest BCUT2D eigenvalue weighted by Crippen LogP contribution is 2.33. The summed E-state index contributed by atoms with van der Waals surface area (Å²) in [6, 6.07) is 24.3. The topological polar surface area (TPSA) is 65.7 Å². The van der Waals surface area contributed by atoms with Crippen LogP contribution >= 0.6 is 0 Å². The molecule has 0 bridgehead atoms. The van der Waals surface area contributed by atoms with Crippen LogP contribution in [0.1, 0.15) is 22.3 Å². The van der Waals surface area contributed by atoms with Crippen LogP contribution in [0.2, 0.25) is 0 Å². The van der Waals surface area contributed by atoms with E-state index < -0.39 is 17.3 Å². The molecule has 0 amide bonds. The highest BCUT2D eigenvalue weighted by atomic mass is 19.4. The maximum atomic E-state index is 13.5. The van der Waals surface area contributed by atoms with Gasteiger partial charge in [0.25, 0.3) is 5.56 Å². The van der Waals surface area contributed by atoms with Crippen LogP contribution in [0, 0.1) is 6.92 Å². The minimum atomic E-state index is -4.56. The van der Waals surface area contributed by atoms with Crippen LogP contribution in [0.25, 0.3) is 22.3 Å². The predicted octanol–water partition coefficient (Wildman–Crippen LogP) is 6.86. The molecular formula is C31H24F3N3O3. The van der Waals surface area contributed by atoms with Crippen LogP contribution in [0.15, 0.2) is 101 Å². The van der Waals surface area contributed by atoms with Gasteiger partial charge >= 0.3 is 6.18 Å². The van der Waals surface area contributed by atoms with E-state index in [2.05, 4.69) is 10.1 Å². The Morgan fingerprint density at radius 2 is 1.70 bits per heavy atom. The van der Waals surface area contributed by atoms with E-state index in [4.69, 9.17) is 9.47 Å². The minimum Gasteiger partial charge on any atom is -0.493 e. The van der Waals surface area contributed by atoms with Gasteiger partial charge < -0.3 is 9.47 Å². The molecule has 0 radical (unpaired) electrons. The fourth-order valence-electron chi connectivity index (χ4n) is 4.16. The van der Waals surface area contributed by atoms with Gasteiger partial charge in [0.05, 0.1) is 29.8 Å². The monoisotopic (exact) mass is 543 g/mol. The van der Waals surface area contributed by atoms with Gasteiger partial charge in [-0.1, -0.05) is 60.2 Å². The van der Waals surface area contributed by atoms with Crippen molar-refractivity contribution in [2.24, 2.45) is 5.10 Å². The van der Waals surface area contributed by atoms with Crippen molar-refractivity contribution in [3.8, 4) is 22.9 Å². The Bertz CT molecular complexity index is 1760. The summed E-state index contributed by atoms with van der Waals surface area (Å²) in [5.74, 6) is 0.825. The van der Waals surface area contributed by atoms with Crippen LogP contribution in [0.4, 0.5) is 13.2 Å². The maximum Gasteiger partial charge on any atom is 0.416 e. The summed E-state index contributed by atoms with van der Waals surface area (Å²) in [6.45, 7) is 2.26. The first-order chi connectivity index (χ1) is 19.2. The Kier molecular flexibility index (Phi) is 7.37. The summed E-state index contributed by atoms with van der Waals surface area (Å²) in [7, 11) is 1.51. The number of methoxy groups -OCH3 is 1. The van der Waals surface area contributed by atoms with Crippen LogP contribution in [0.3, 0.4) is 0 Å². The van der Waals surface area contributed by atoms with Gasteiger partial charge in [0.15, 0.2) is 17.3 Å². The Hall–Kier alpha value is -4.92. The Balaban J connectivity index is 1.61. The van der Waals surface area contributed by atoms with Gasteiger partial charge in [-0.3, -0.25) is 4.79 Å². The molecular weight excluding hydrogens is 519 g/mol. The molecule has 4 aromatic carbocycles. The van der Waals surface area contributed by atoms with Crippen molar-refractivity contribution in [1.82, 2.24) is 9.66 Å². The van der Waals surface area contributed by atoms with E-state index in [1.807, 2.05) is 31.2 Å². The molecule has 0 fully saturated rings. The SMILES string of the molecule is COc1cccc(C=Nn2c(-c3cccc(C(F)(F)F)c3)nc3ccccc3c2=O)c1OCc1ccc(C)cc1. The van der Waals surface area contributed by atoms with E-state index in [0.29, 0.717) is 22.6 Å². The lowest BCUT2D eigenvalue weighted by Crippen LogP contribution is -2.20. The van der Waals surface area contributed by atoms with Crippen LogP contribution in [-0.4, -0.2) is 23.0 Å². The van der Waals surface area contributed by atoms with Crippen molar-refractivity contribution in [2.45, 2.75) is 19.7 Å². The van der Waals surface area contributed by atoms with Gasteiger partial charge in [0, 0.05) is 11.1 Å². The number of rotatable bonds is 7. The number of para-hydroxylation sites is 2. The molecule has 0 saturated heterocycles. The number of ether oxygens (including phenoxy) is 2. The number of hydrogen-bond acceptors (Lipinski definition) is 5. The molecule has 9 heteroatoms. The number of fused-ring (bicyclic) bond motifs is 1. The van der Waals surface area contributed by atoms with Crippen LogP contribution < -0.4 is 15.0 Å². The molecule has 0 aliphatic rings. The first-order valence-electron chi connectivity index (χ1n) is 12.3. The van der Waals surface area contributed by atoms with Gasteiger partial charge in [0.2, 0.25) is 0 Å². The zero-order valence-corrected chi connectivity index (χ0v) is 21.6. The van der Waals surface area contributed by atoms with Gasteiger partial charge in [-0.15, -0.1) is 0 Å². The second-order valence-electron chi connectivity index (χ2n) is 9.05. The fourth-order valence-corrected chi connectivity index (χ4v) is 4.16. The van der Waals surface area contributed by atoms with E-state index >= 15 is 0 Å². The van der Waals surface area contributed by atoms with Gasteiger partial charge in [-0.2, -0.15) is 22.9 Å². The zero-order valence-electron chi connectivity index (χ0n) is 21.6.